The zero-order valence-corrected chi connectivity index (χ0v) is 16.1. The zero-order chi connectivity index (χ0) is 16.5. The Morgan fingerprint density at radius 1 is 1.36 bits per heavy atom. The van der Waals surface area contributed by atoms with Gasteiger partial charge in [-0.05, 0) is 0 Å². The van der Waals surface area contributed by atoms with Gasteiger partial charge in [-0.2, -0.15) is 0 Å². The van der Waals surface area contributed by atoms with Crippen LogP contribution in [0.5, 0.6) is 0 Å². The van der Waals surface area contributed by atoms with E-state index in [1.165, 1.54) is 15.2 Å². The average Bonchev–Trinajstić information content (AvgIpc) is 2.92. The Morgan fingerprint density at radius 2 is 2.09 bits per heavy atom. The van der Waals surface area contributed by atoms with Gasteiger partial charge in [-0.1, -0.05) is 0 Å². The van der Waals surface area contributed by atoms with Crippen LogP contribution < -0.4 is 0 Å². The molecule has 0 aromatic heterocycles. The predicted octanol–water partition coefficient (Wildman–Crippen LogP) is 3.01. The maximum atomic E-state index is 11.8. The normalized spacial score (nSPS) is 18.9. The average molecular weight is 369 g/mol. The number of esters is 1. The van der Waals surface area contributed by atoms with Crippen LogP contribution in [0, 0.1) is 30.0 Å². The SMILES string of the molecule is CCCC/C(=C/C(=O)OCC)[Se][C]1[CH][CH][CH][C]1[C@@H](C)N(C)C. The van der Waals surface area contributed by atoms with Crippen molar-refractivity contribution in [1.82, 2.24) is 4.90 Å². The van der Waals surface area contributed by atoms with Crippen molar-refractivity contribution in [2.24, 2.45) is 0 Å². The monoisotopic (exact) mass is 370 g/mol. The first kappa shape index (κ1) is 19.7. The first-order valence-corrected chi connectivity index (χ1v) is 9.68. The van der Waals surface area contributed by atoms with Crippen molar-refractivity contribution in [2.75, 3.05) is 20.7 Å². The molecular weight excluding hydrogens is 341 g/mol. The fourth-order valence-corrected chi connectivity index (χ4v) is 4.58. The molecule has 0 saturated heterocycles. The Morgan fingerprint density at radius 3 is 2.68 bits per heavy atom. The molecule has 1 saturated carbocycles. The summed E-state index contributed by atoms with van der Waals surface area (Å²) in [6.45, 7) is 6.67. The molecule has 1 rings (SSSR count). The van der Waals surface area contributed by atoms with E-state index >= 15 is 0 Å². The van der Waals surface area contributed by atoms with Gasteiger partial charge in [-0.15, -0.1) is 0 Å². The third-order valence-corrected chi connectivity index (χ3v) is 6.08. The van der Waals surface area contributed by atoms with Gasteiger partial charge in [0.05, 0.1) is 0 Å². The number of rotatable bonds is 9. The summed E-state index contributed by atoms with van der Waals surface area (Å²) in [6.07, 6.45) is 11.5. The third-order valence-electron chi connectivity index (χ3n) is 3.62. The quantitative estimate of drug-likeness (QED) is 0.356. The van der Waals surface area contributed by atoms with Crippen LogP contribution in [-0.4, -0.2) is 52.6 Å². The molecule has 1 atom stereocenters. The van der Waals surface area contributed by atoms with Crippen LogP contribution in [0.25, 0.3) is 0 Å². The summed E-state index contributed by atoms with van der Waals surface area (Å²) in [4.78, 5) is 15.4. The number of unbranched alkanes of at least 4 members (excludes halogenated alkanes) is 1. The van der Waals surface area contributed by atoms with E-state index in [1.807, 2.05) is 6.92 Å². The number of nitrogens with zero attached hydrogens (tertiary/aromatic N) is 1. The molecule has 0 bridgehead atoms. The van der Waals surface area contributed by atoms with Crippen LogP contribution in [0.2, 0.25) is 0 Å². The molecule has 0 spiro atoms. The van der Waals surface area contributed by atoms with Crippen molar-refractivity contribution in [1.29, 1.82) is 0 Å². The van der Waals surface area contributed by atoms with Crippen LogP contribution in [0.1, 0.15) is 40.0 Å². The summed E-state index contributed by atoms with van der Waals surface area (Å²) in [5.74, 6) is 1.17. The molecule has 3 nitrogen and oxygen atoms in total. The zero-order valence-electron chi connectivity index (χ0n) is 14.4. The van der Waals surface area contributed by atoms with E-state index in [2.05, 4.69) is 52.1 Å². The van der Waals surface area contributed by atoms with Gasteiger partial charge in [-0.25, -0.2) is 0 Å². The van der Waals surface area contributed by atoms with E-state index in [1.54, 1.807) is 6.08 Å². The second-order valence-corrected chi connectivity index (χ2v) is 8.00. The number of ether oxygens (including phenoxy) is 1. The summed E-state index contributed by atoms with van der Waals surface area (Å²) >= 11 is 0.186. The maximum absolute atomic E-state index is 11.8. The second kappa shape index (κ2) is 10.5. The fraction of sp³-hybridized carbons (Fsp3) is 0.556. The molecule has 0 aliphatic heterocycles. The first-order chi connectivity index (χ1) is 10.5. The molecule has 123 valence electrons. The molecule has 0 N–H and O–H groups in total. The van der Waals surface area contributed by atoms with E-state index < -0.39 is 0 Å². The Balaban J connectivity index is 2.72. The summed E-state index contributed by atoms with van der Waals surface area (Å²) < 4.78 is 6.30. The van der Waals surface area contributed by atoms with Crippen molar-refractivity contribution in [3.05, 3.63) is 40.5 Å². The molecule has 1 fully saturated rings. The number of allylic oxidation sites excluding steroid dienone is 1. The predicted molar refractivity (Wildman–Crippen MR) is 92.5 cm³/mol. The van der Waals surface area contributed by atoms with E-state index in [0.29, 0.717) is 12.6 Å². The van der Waals surface area contributed by atoms with Crippen LogP contribution in [-0.2, 0) is 9.53 Å². The molecule has 1 aliphatic carbocycles. The first-order valence-electron chi connectivity index (χ1n) is 7.96. The van der Waals surface area contributed by atoms with Crippen molar-refractivity contribution < 1.29 is 9.53 Å². The summed E-state index contributed by atoms with van der Waals surface area (Å²) in [7, 11) is 4.20. The summed E-state index contributed by atoms with van der Waals surface area (Å²) in [5.41, 5.74) is 0. The van der Waals surface area contributed by atoms with Crippen molar-refractivity contribution in [2.45, 2.75) is 46.1 Å². The molecule has 4 heteroatoms. The number of hydrogen-bond donors (Lipinski definition) is 0. The Hall–Kier alpha value is -0.311. The Labute approximate surface area is 143 Å². The summed E-state index contributed by atoms with van der Waals surface area (Å²) in [6, 6.07) is 0.391. The van der Waals surface area contributed by atoms with Gasteiger partial charge in [0.15, 0.2) is 0 Å². The van der Waals surface area contributed by atoms with E-state index in [9.17, 15) is 4.79 Å². The number of carbonyl (C=O) groups is 1. The van der Waals surface area contributed by atoms with Gasteiger partial charge in [0.25, 0.3) is 0 Å². The minimum atomic E-state index is -0.204. The Kier molecular flexibility index (Phi) is 9.38. The van der Waals surface area contributed by atoms with Crippen molar-refractivity contribution in [3.8, 4) is 0 Å². The molecule has 0 heterocycles. The van der Waals surface area contributed by atoms with Crippen molar-refractivity contribution in [3.63, 3.8) is 0 Å². The standard InChI is InChI=1S/C18H28NO2Se/c1-6-8-10-15(13-18(20)21-7-2)22-17-12-9-11-16(17)14(3)19(4)5/h9,11-14H,6-8,10H2,1-5H3/b15-13-/t14-/m1/s1. The molecular formula is C18H28NO2Se. The van der Waals surface area contributed by atoms with Gasteiger partial charge >= 0.3 is 143 Å². The van der Waals surface area contributed by atoms with Crippen molar-refractivity contribution >= 4 is 20.9 Å². The van der Waals surface area contributed by atoms with Crippen LogP contribution in [0.4, 0.5) is 0 Å². The summed E-state index contributed by atoms with van der Waals surface area (Å²) in [5, 5.41) is 0. The fourth-order valence-electron chi connectivity index (χ4n) is 2.09. The topological polar surface area (TPSA) is 29.5 Å². The van der Waals surface area contributed by atoms with Gasteiger partial charge in [-0.3, -0.25) is 0 Å². The van der Waals surface area contributed by atoms with E-state index in [4.69, 9.17) is 4.74 Å². The molecule has 5 radical (unpaired) electrons. The molecule has 0 unspecified atom stereocenters. The molecule has 0 aromatic rings. The van der Waals surface area contributed by atoms with E-state index in [0.717, 1.165) is 19.3 Å². The van der Waals surface area contributed by atoms with Gasteiger partial charge in [0.1, 0.15) is 0 Å². The van der Waals surface area contributed by atoms with Crippen LogP contribution in [0.3, 0.4) is 0 Å². The molecule has 0 aromatic carbocycles. The molecule has 22 heavy (non-hydrogen) atoms. The minimum absolute atomic E-state index is 0.186. The number of hydrogen-bond acceptors (Lipinski definition) is 3. The van der Waals surface area contributed by atoms with E-state index in [-0.39, 0.29) is 20.9 Å². The van der Waals surface area contributed by atoms with Gasteiger partial charge < -0.3 is 0 Å². The van der Waals surface area contributed by atoms with Gasteiger partial charge in [0, 0.05) is 0 Å². The molecule has 1 aliphatic rings. The van der Waals surface area contributed by atoms with Gasteiger partial charge in [0.2, 0.25) is 0 Å². The molecule has 0 amide bonds. The Bertz CT molecular complexity index is 368. The third kappa shape index (κ3) is 6.44. The van der Waals surface area contributed by atoms with Crippen LogP contribution in [0.15, 0.2) is 10.5 Å². The van der Waals surface area contributed by atoms with Crippen LogP contribution >= 0.6 is 0 Å². The second-order valence-electron chi connectivity index (χ2n) is 5.55. The number of carbonyl (C=O) groups excluding carboxylic acids is 1.